The standard InChI is InChI=1S/C13H11N3O2S2/c14-10-11-3-1-4-12(9-11)20(17,18)8-7-19-13-15-5-2-6-16-13/h1-6,9H,7-8H2. The minimum Gasteiger partial charge on any atom is -0.231 e. The fraction of sp³-hybridized carbons (Fsp3) is 0.154. The molecule has 1 heterocycles. The Morgan fingerprint density at radius 1 is 1.20 bits per heavy atom. The van der Waals surface area contributed by atoms with Crippen LogP contribution in [0.4, 0.5) is 0 Å². The van der Waals surface area contributed by atoms with Crippen molar-refractivity contribution in [2.24, 2.45) is 0 Å². The Balaban J connectivity index is 2.02. The Kier molecular flexibility index (Phi) is 4.71. The molecule has 0 radical (unpaired) electrons. The summed E-state index contributed by atoms with van der Waals surface area (Å²) in [5.41, 5.74) is 0.338. The van der Waals surface area contributed by atoms with Gasteiger partial charge in [-0.3, -0.25) is 0 Å². The van der Waals surface area contributed by atoms with E-state index < -0.39 is 9.84 Å². The van der Waals surface area contributed by atoms with Crippen LogP contribution in [0.5, 0.6) is 0 Å². The Morgan fingerprint density at radius 2 is 1.95 bits per heavy atom. The third-order valence-electron chi connectivity index (χ3n) is 2.45. The lowest BCUT2D eigenvalue weighted by molar-refractivity contribution is 0.597. The number of thioether (sulfide) groups is 1. The molecule has 102 valence electrons. The minimum atomic E-state index is -3.39. The molecule has 0 amide bonds. The molecule has 20 heavy (non-hydrogen) atoms. The fourth-order valence-corrected chi connectivity index (χ4v) is 3.97. The van der Waals surface area contributed by atoms with Crippen LogP contribution in [0.15, 0.2) is 52.8 Å². The van der Waals surface area contributed by atoms with E-state index >= 15 is 0 Å². The van der Waals surface area contributed by atoms with E-state index in [1.807, 2.05) is 6.07 Å². The summed E-state index contributed by atoms with van der Waals surface area (Å²) in [5.74, 6) is 0.341. The summed E-state index contributed by atoms with van der Waals surface area (Å²) in [6.45, 7) is 0. The van der Waals surface area contributed by atoms with Crippen LogP contribution in [-0.4, -0.2) is 29.9 Å². The molecule has 0 spiro atoms. The molecule has 0 fully saturated rings. The number of hydrogen-bond donors (Lipinski definition) is 0. The molecule has 7 heteroatoms. The average molecular weight is 305 g/mol. The maximum Gasteiger partial charge on any atom is 0.187 e. The van der Waals surface area contributed by atoms with Gasteiger partial charge in [0, 0.05) is 18.1 Å². The molecule has 0 aliphatic rings. The summed E-state index contributed by atoms with van der Waals surface area (Å²) < 4.78 is 24.3. The lowest BCUT2D eigenvalue weighted by Gasteiger charge is -2.04. The Hall–Kier alpha value is -1.91. The van der Waals surface area contributed by atoms with Gasteiger partial charge in [0.05, 0.1) is 22.3 Å². The van der Waals surface area contributed by atoms with Gasteiger partial charge in [0.1, 0.15) is 0 Å². The molecule has 2 aromatic rings. The summed E-state index contributed by atoms with van der Waals surface area (Å²) >= 11 is 1.29. The van der Waals surface area contributed by atoms with Crippen LogP contribution in [0.3, 0.4) is 0 Å². The van der Waals surface area contributed by atoms with Gasteiger partial charge in [-0.15, -0.1) is 0 Å². The van der Waals surface area contributed by atoms with E-state index in [2.05, 4.69) is 9.97 Å². The van der Waals surface area contributed by atoms with Crippen LogP contribution < -0.4 is 0 Å². The van der Waals surface area contributed by atoms with Gasteiger partial charge in [-0.05, 0) is 24.3 Å². The first-order valence-electron chi connectivity index (χ1n) is 5.74. The van der Waals surface area contributed by atoms with Gasteiger partial charge < -0.3 is 0 Å². The van der Waals surface area contributed by atoms with E-state index in [-0.39, 0.29) is 10.6 Å². The zero-order valence-electron chi connectivity index (χ0n) is 10.4. The number of sulfone groups is 1. The minimum absolute atomic E-state index is 0.0230. The number of benzene rings is 1. The number of aromatic nitrogens is 2. The fourth-order valence-electron chi connectivity index (χ4n) is 1.48. The monoisotopic (exact) mass is 305 g/mol. The second-order valence-electron chi connectivity index (χ2n) is 3.84. The van der Waals surface area contributed by atoms with Crippen LogP contribution in [0.2, 0.25) is 0 Å². The van der Waals surface area contributed by atoms with Crippen molar-refractivity contribution in [2.75, 3.05) is 11.5 Å². The van der Waals surface area contributed by atoms with Crippen LogP contribution in [0.25, 0.3) is 0 Å². The number of nitrogens with zero attached hydrogens (tertiary/aromatic N) is 3. The third kappa shape index (κ3) is 3.79. The first kappa shape index (κ1) is 14.5. The van der Waals surface area contributed by atoms with Gasteiger partial charge in [-0.25, -0.2) is 18.4 Å². The second kappa shape index (κ2) is 6.50. The highest BCUT2D eigenvalue weighted by Gasteiger charge is 2.15. The van der Waals surface area contributed by atoms with Crippen LogP contribution in [0.1, 0.15) is 5.56 Å². The molecule has 0 aliphatic carbocycles. The van der Waals surface area contributed by atoms with Gasteiger partial charge >= 0.3 is 0 Å². The Labute approximate surface area is 121 Å². The van der Waals surface area contributed by atoms with Crippen molar-refractivity contribution >= 4 is 21.6 Å². The molecule has 0 unspecified atom stereocenters. The van der Waals surface area contributed by atoms with E-state index in [9.17, 15) is 8.42 Å². The summed E-state index contributed by atoms with van der Waals surface area (Å²) in [5, 5.41) is 9.34. The summed E-state index contributed by atoms with van der Waals surface area (Å²) in [4.78, 5) is 8.20. The van der Waals surface area contributed by atoms with Gasteiger partial charge in [0.15, 0.2) is 15.0 Å². The number of hydrogen-bond acceptors (Lipinski definition) is 6. The van der Waals surface area contributed by atoms with Crippen molar-refractivity contribution in [1.29, 1.82) is 5.26 Å². The van der Waals surface area contributed by atoms with Gasteiger partial charge in [-0.2, -0.15) is 5.26 Å². The first-order valence-corrected chi connectivity index (χ1v) is 8.38. The second-order valence-corrected chi connectivity index (χ2v) is 7.01. The molecule has 0 saturated carbocycles. The predicted octanol–water partition coefficient (Wildman–Crippen LogP) is 1.91. The maximum atomic E-state index is 12.1. The number of nitriles is 1. The van der Waals surface area contributed by atoms with E-state index in [4.69, 9.17) is 5.26 Å². The third-order valence-corrected chi connectivity index (χ3v) is 5.30. The van der Waals surface area contributed by atoms with Crippen molar-refractivity contribution in [2.45, 2.75) is 10.1 Å². The largest absolute Gasteiger partial charge is 0.231 e. The molecule has 0 N–H and O–H groups in total. The smallest absolute Gasteiger partial charge is 0.187 e. The molecule has 0 atom stereocenters. The van der Waals surface area contributed by atoms with Crippen LogP contribution in [-0.2, 0) is 9.84 Å². The molecule has 0 bridgehead atoms. The highest BCUT2D eigenvalue weighted by molar-refractivity contribution is 8.00. The van der Waals surface area contributed by atoms with Crippen molar-refractivity contribution in [1.82, 2.24) is 9.97 Å². The number of rotatable bonds is 5. The van der Waals surface area contributed by atoms with E-state index in [0.717, 1.165) is 0 Å². The van der Waals surface area contributed by atoms with Gasteiger partial charge in [0.2, 0.25) is 0 Å². The van der Waals surface area contributed by atoms with Crippen molar-refractivity contribution in [3.05, 3.63) is 48.3 Å². The van der Waals surface area contributed by atoms with E-state index in [1.165, 1.54) is 23.9 Å². The SMILES string of the molecule is N#Cc1cccc(S(=O)(=O)CCSc2ncccn2)c1. The van der Waals surface area contributed by atoms with Gasteiger partial charge in [-0.1, -0.05) is 17.8 Å². The lowest BCUT2D eigenvalue weighted by Crippen LogP contribution is -2.09. The highest BCUT2D eigenvalue weighted by Crippen LogP contribution is 2.17. The Morgan fingerprint density at radius 3 is 2.65 bits per heavy atom. The van der Waals surface area contributed by atoms with E-state index in [1.54, 1.807) is 30.6 Å². The zero-order valence-corrected chi connectivity index (χ0v) is 12.1. The predicted molar refractivity (Wildman–Crippen MR) is 76.0 cm³/mol. The van der Waals surface area contributed by atoms with Crippen molar-refractivity contribution < 1.29 is 8.42 Å². The van der Waals surface area contributed by atoms with Gasteiger partial charge in [0.25, 0.3) is 0 Å². The molecule has 0 saturated heterocycles. The normalized spacial score (nSPS) is 10.9. The summed E-state index contributed by atoms with van der Waals surface area (Å²) in [6, 6.07) is 9.67. The quantitative estimate of drug-likeness (QED) is 0.620. The summed E-state index contributed by atoms with van der Waals surface area (Å²) in [6.07, 6.45) is 3.22. The molecular weight excluding hydrogens is 294 g/mol. The summed E-state index contributed by atoms with van der Waals surface area (Å²) in [7, 11) is -3.39. The maximum absolute atomic E-state index is 12.1. The van der Waals surface area contributed by atoms with Crippen LogP contribution >= 0.6 is 11.8 Å². The van der Waals surface area contributed by atoms with Crippen molar-refractivity contribution in [3.63, 3.8) is 0 Å². The topological polar surface area (TPSA) is 83.7 Å². The first-order chi connectivity index (χ1) is 9.62. The molecule has 5 nitrogen and oxygen atoms in total. The molecule has 2 rings (SSSR count). The van der Waals surface area contributed by atoms with E-state index in [0.29, 0.717) is 16.5 Å². The lowest BCUT2D eigenvalue weighted by atomic mass is 10.2. The van der Waals surface area contributed by atoms with Crippen LogP contribution in [0, 0.1) is 11.3 Å². The molecule has 1 aromatic heterocycles. The molecule has 1 aromatic carbocycles. The molecular formula is C13H11N3O2S2. The highest BCUT2D eigenvalue weighted by atomic mass is 32.2. The average Bonchev–Trinajstić information content (AvgIpc) is 2.48. The van der Waals surface area contributed by atoms with Crippen molar-refractivity contribution in [3.8, 4) is 6.07 Å². The molecule has 0 aliphatic heterocycles. The Bertz CT molecular complexity index is 725. The zero-order chi connectivity index (χ0) is 14.4.